The summed E-state index contributed by atoms with van der Waals surface area (Å²) in [5.41, 5.74) is 1.77. The lowest BCUT2D eigenvalue weighted by Crippen LogP contribution is -2.38. The molecular formula is C15H13BrN2OS. The predicted octanol–water partition coefficient (Wildman–Crippen LogP) is 4.59. The maximum atomic E-state index is 12.5. The first kappa shape index (κ1) is 13.5. The first-order chi connectivity index (χ1) is 9.75. The number of thioether (sulfide) groups is 1. The summed E-state index contributed by atoms with van der Waals surface area (Å²) in [7, 11) is 0. The van der Waals surface area contributed by atoms with Crippen molar-refractivity contribution in [3.63, 3.8) is 0 Å². The molecule has 0 saturated heterocycles. The number of carbonyl (C=O) groups is 1. The van der Waals surface area contributed by atoms with Gasteiger partial charge in [-0.15, -0.1) is 11.8 Å². The number of nitrogens with zero attached hydrogens (tertiary/aromatic N) is 1. The number of rotatable bonds is 1. The minimum absolute atomic E-state index is 0.0929. The van der Waals surface area contributed by atoms with Crippen molar-refractivity contribution in [3.05, 3.63) is 53.0 Å². The third-order valence-electron chi connectivity index (χ3n) is 3.09. The molecule has 102 valence electrons. The van der Waals surface area contributed by atoms with Gasteiger partial charge in [0, 0.05) is 21.7 Å². The normalized spacial score (nSPS) is 13.8. The summed E-state index contributed by atoms with van der Waals surface area (Å²) in [5.74, 6) is 0.917. The Morgan fingerprint density at radius 1 is 1.15 bits per heavy atom. The molecule has 1 N–H and O–H groups in total. The maximum absolute atomic E-state index is 12.5. The number of fused-ring (bicyclic) bond motifs is 1. The number of para-hydroxylation sites is 2. The molecule has 3 rings (SSSR count). The quantitative estimate of drug-likeness (QED) is 0.817. The van der Waals surface area contributed by atoms with Crippen LogP contribution in [0, 0.1) is 0 Å². The number of carbonyl (C=O) groups excluding carboxylic acids is 1. The number of halogens is 1. The van der Waals surface area contributed by atoms with Gasteiger partial charge >= 0.3 is 6.03 Å². The highest BCUT2D eigenvalue weighted by Gasteiger charge is 2.22. The molecule has 0 atom stereocenters. The fourth-order valence-electron chi connectivity index (χ4n) is 2.13. The molecule has 0 spiro atoms. The van der Waals surface area contributed by atoms with Crippen molar-refractivity contribution in [1.82, 2.24) is 0 Å². The Morgan fingerprint density at radius 3 is 2.75 bits per heavy atom. The molecule has 1 heterocycles. The van der Waals surface area contributed by atoms with Crippen LogP contribution >= 0.6 is 27.7 Å². The summed E-state index contributed by atoms with van der Waals surface area (Å²) in [5, 5.41) is 2.95. The number of hydrogen-bond acceptors (Lipinski definition) is 2. The van der Waals surface area contributed by atoms with Crippen molar-refractivity contribution in [1.29, 1.82) is 0 Å². The van der Waals surface area contributed by atoms with E-state index < -0.39 is 0 Å². The molecule has 2 aromatic rings. The zero-order valence-electron chi connectivity index (χ0n) is 10.7. The van der Waals surface area contributed by atoms with Gasteiger partial charge in [0.2, 0.25) is 0 Å². The molecular weight excluding hydrogens is 336 g/mol. The van der Waals surface area contributed by atoms with Crippen LogP contribution in [0.5, 0.6) is 0 Å². The molecule has 0 aliphatic carbocycles. The topological polar surface area (TPSA) is 32.3 Å². The highest BCUT2D eigenvalue weighted by Crippen LogP contribution is 2.34. The summed E-state index contributed by atoms with van der Waals surface area (Å²) in [6.07, 6.45) is 0. The molecule has 2 aromatic carbocycles. The SMILES string of the molecule is O=C(Nc1ccccc1Br)N1CCSc2ccccc21. The standard InChI is InChI=1S/C15H13BrN2OS/c16-11-5-1-2-6-12(11)17-15(19)18-9-10-20-14-8-4-3-7-13(14)18/h1-8H,9-10H2,(H,17,19). The summed E-state index contributed by atoms with van der Waals surface area (Å²) in [6, 6.07) is 15.5. The van der Waals surface area contributed by atoms with Gasteiger partial charge in [0.15, 0.2) is 0 Å². The second-order valence-electron chi connectivity index (χ2n) is 4.38. The average molecular weight is 349 g/mol. The lowest BCUT2D eigenvalue weighted by Gasteiger charge is -2.29. The van der Waals surface area contributed by atoms with Crippen LogP contribution in [-0.2, 0) is 0 Å². The fourth-order valence-corrected chi connectivity index (χ4v) is 3.50. The van der Waals surface area contributed by atoms with Gasteiger partial charge in [0.1, 0.15) is 0 Å². The van der Waals surface area contributed by atoms with E-state index in [4.69, 9.17) is 0 Å². The summed E-state index contributed by atoms with van der Waals surface area (Å²) < 4.78 is 0.882. The van der Waals surface area contributed by atoms with Crippen molar-refractivity contribution in [2.75, 3.05) is 22.5 Å². The Hall–Kier alpha value is -1.46. The van der Waals surface area contributed by atoms with Crippen LogP contribution in [0.2, 0.25) is 0 Å². The molecule has 0 fully saturated rings. The minimum atomic E-state index is -0.0929. The van der Waals surface area contributed by atoms with Crippen molar-refractivity contribution < 1.29 is 4.79 Å². The Morgan fingerprint density at radius 2 is 1.90 bits per heavy atom. The monoisotopic (exact) mass is 348 g/mol. The van der Waals surface area contributed by atoms with Crippen LogP contribution in [0.4, 0.5) is 16.2 Å². The smallest absolute Gasteiger partial charge is 0.306 e. The second-order valence-corrected chi connectivity index (χ2v) is 6.37. The number of amides is 2. The molecule has 1 aliphatic rings. The van der Waals surface area contributed by atoms with E-state index in [1.165, 1.54) is 0 Å². The van der Waals surface area contributed by atoms with E-state index in [-0.39, 0.29) is 6.03 Å². The Balaban J connectivity index is 1.84. The zero-order valence-corrected chi connectivity index (χ0v) is 13.1. The van der Waals surface area contributed by atoms with Crippen LogP contribution in [-0.4, -0.2) is 18.3 Å². The number of hydrogen-bond donors (Lipinski definition) is 1. The molecule has 20 heavy (non-hydrogen) atoms. The maximum Gasteiger partial charge on any atom is 0.326 e. The number of nitrogens with one attached hydrogen (secondary N) is 1. The Labute approximate surface area is 130 Å². The van der Waals surface area contributed by atoms with Crippen LogP contribution in [0.25, 0.3) is 0 Å². The molecule has 0 bridgehead atoms. The van der Waals surface area contributed by atoms with E-state index in [1.807, 2.05) is 42.5 Å². The van der Waals surface area contributed by atoms with Crippen LogP contribution < -0.4 is 10.2 Å². The first-order valence-electron chi connectivity index (χ1n) is 6.30. The molecule has 0 aromatic heterocycles. The third kappa shape index (κ3) is 2.69. The molecule has 5 heteroatoms. The molecule has 2 amide bonds. The molecule has 3 nitrogen and oxygen atoms in total. The van der Waals surface area contributed by atoms with Crippen LogP contribution in [0.15, 0.2) is 57.9 Å². The molecule has 0 radical (unpaired) electrons. The second kappa shape index (κ2) is 5.89. The zero-order chi connectivity index (χ0) is 13.9. The van der Waals surface area contributed by atoms with Gasteiger partial charge in [0.05, 0.1) is 11.4 Å². The lowest BCUT2D eigenvalue weighted by atomic mass is 10.3. The van der Waals surface area contributed by atoms with Gasteiger partial charge in [-0.2, -0.15) is 0 Å². The Bertz CT molecular complexity index is 647. The first-order valence-corrected chi connectivity index (χ1v) is 8.08. The lowest BCUT2D eigenvalue weighted by molar-refractivity contribution is 0.257. The van der Waals surface area contributed by atoms with Gasteiger partial charge < -0.3 is 5.32 Å². The van der Waals surface area contributed by atoms with Gasteiger partial charge in [-0.05, 0) is 40.2 Å². The number of urea groups is 1. The highest BCUT2D eigenvalue weighted by molar-refractivity contribution is 9.10. The highest BCUT2D eigenvalue weighted by atomic mass is 79.9. The fraction of sp³-hybridized carbons (Fsp3) is 0.133. The molecule has 0 unspecified atom stereocenters. The number of benzene rings is 2. The summed E-state index contributed by atoms with van der Waals surface area (Å²) >= 11 is 5.23. The third-order valence-corrected chi connectivity index (χ3v) is 4.82. The van der Waals surface area contributed by atoms with Gasteiger partial charge in [-0.1, -0.05) is 24.3 Å². The van der Waals surface area contributed by atoms with E-state index in [2.05, 4.69) is 27.3 Å². The van der Waals surface area contributed by atoms with E-state index in [9.17, 15) is 4.79 Å². The van der Waals surface area contributed by atoms with Gasteiger partial charge in [-0.3, -0.25) is 4.90 Å². The van der Waals surface area contributed by atoms with E-state index in [0.29, 0.717) is 0 Å². The van der Waals surface area contributed by atoms with Gasteiger partial charge in [-0.25, -0.2) is 4.79 Å². The predicted molar refractivity (Wildman–Crippen MR) is 87.7 cm³/mol. The van der Waals surface area contributed by atoms with Crippen molar-refractivity contribution in [2.24, 2.45) is 0 Å². The van der Waals surface area contributed by atoms with Crippen LogP contribution in [0.1, 0.15) is 0 Å². The van der Waals surface area contributed by atoms with E-state index in [0.717, 1.165) is 33.0 Å². The Kier molecular flexibility index (Phi) is 3.98. The largest absolute Gasteiger partial charge is 0.326 e. The van der Waals surface area contributed by atoms with E-state index >= 15 is 0 Å². The van der Waals surface area contributed by atoms with Crippen molar-refractivity contribution in [3.8, 4) is 0 Å². The number of anilines is 2. The van der Waals surface area contributed by atoms with Gasteiger partial charge in [0.25, 0.3) is 0 Å². The summed E-state index contributed by atoms with van der Waals surface area (Å²) in [6.45, 7) is 0.720. The van der Waals surface area contributed by atoms with E-state index in [1.54, 1.807) is 16.7 Å². The van der Waals surface area contributed by atoms with Crippen molar-refractivity contribution >= 4 is 45.1 Å². The summed E-state index contributed by atoms with van der Waals surface area (Å²) in [4.78, 5) is 15.4. The average Bonchev–Trinajstić information content (AvgIpc) is 2.49. The minimum Gasteiger partial charge on any atom is -0.306 e. The molecule has 0 saturated carbocycles. The van der Waals surface area contributed by atoms with Crippen LogP contribution in [0.3, 0.4) is 0 Å². The molecule has 1 aliphatic heterocycles. The van der Waals surface area contributed by atoms with Crippen molar-refractivity contribution in [2.45, 2.75) is 4.90 Å².